The van der Waals surface area contributed by atoms with Gasteiger partial charge in [-0.05, 0) is 24.6 Å². The molecule has 4 nitrogen and oxygen atoms in total. The minimum Gasteiger partial charge on any atom is -0.466 e. The first-order valence-corrected chi connectivity index (χ1v) is 5.68. The number of esters is 1. The molecule has 0 aliphatic heterocycles. The zero-order valence-corrected chi connectivity index (χ0v) is 10.7. The predicted octanol–water partition coefficient (Wildman–Crippen LogP) is 2.92. The molecule has 0 aliphatic rings. The van der Waals surface area contributed by atoms with Crippen LogP contribution in [0.15, 0.2) is 12.1 Å². The Morgan fingerprint density at radius 3 is 2.74 bits per heavy atom. The lowest BCUT2D eigenvalue weighted by Crippen LogP contribution is -2.10. The summed E-state index contributed by atoms with van der Waals surface area (Å²) in [7, 11) is 0. The van der Waals surface area contributed by atoms with Crippen molar-refractivity contribution in [2.45, 2.75) is 20.0 Å². The van der Waals surface area contributed by atoms with Crippen molar-refractivity contribution >= 4 is 17.6 Å². The van der Waals surface area contributed by atoms with Gasteiger partial charge in [0.15, 0.2) is 0 Å². The molecule has 0 spiro atoms. The lowest BCUT2D eigenvalue weighted by atomic mass is 10.1. The molecule has 0 fully saturated rings. The number of nitriles is 1. The number of carbonyl (C=O) groups excluding carboxylic acids is 1. The van der Waals surface area contributed by atoms with Gasteiger partial charge in [0.2, 0.25) is 0 Å². The summed E-state index contributed by atoms with van der Waals surface area (Å²) in [6, 6.07) is 4.15. The third kappa shape index (κ3) is 4.38. The van der Waals surface area contributed by atoms with E-state index in [1.165, 1.54) is 6.07 Å². The molecule has 0 unspecified atom stereocenters. The lowest BCUT2D eigenvalue weighted by molar-refractivity contribution is -0.142. The van der Waals surface area contributed by atoms with Crippen LogP contribution in [0.4, 0.5) is 8.78 Å². The van der Waals surface area contributed by atoms with Crippen molar-refractivity contribution in [2.75, 3.05) is 6.61 Å². The van der Waals surface area contributed by atoms with Crippen LogP contribution in [0.25, 0.3) is 0 Å². The molecule has 1 aromatic carbocycles. The van der Waals surface area contributed by atoms with Gasteiger partial charge in [-0.2, -0.15) is 14.0 Å². The standard InChI is InChI=1S/C12H10ClF2NO3/c1-2-18-11(17)5-7-4-10(19-12(14)15)9(13)3-8(7)6-16/h3-4,12H,2,5H2,1H3. The number of hydrogen-bond acceptors (Lipinski definition) is 4. The predicted molar refractivity (Wildman–Crippen MR) is 63.1 cm³/mol. The topological polar surface area (TPSA) is 59.3 Å². The van der Waals surface area contributed by atoms with E-state index in [4.69, 9.17) is 21.6 Å². The fourth-order valence-corrected chi connectivity index (χ4v) is 1.61. The minimum atomic E-state index is -3.04. The summed E-state index contributed by atoms with van der Waals surface area (Å²) in [5.74, 6) is -0.848. The monoisotopic (exact) mass is 289 g/mol. The van der Waals surface area contributed by atoms with Gasteiger partial charge in [0.25, 0.3) is 0 Å². The van der Waals surface area contributed by atoms with Crippen molar-refractivity contribution in [1.82, 2.24) is 0 Å². The third-order valence-corrected chi connectivity index (χ3v) is 2.43. The van der Waals surface area contributed by atoms with Crippen molar-refractivity contribution in [3.63, 3.8) is 0 Å². The largest absolute Gasteiger partial charge is 0.466 e. The zero-order chi connectivity index (χ0) is 14.4. The molecule has 1 rings (SSSR count). The number of ether oxygens (including phenoxy) is 2. The van der Waals surface area contributed by atoms with E-state index >= 15 is 0 Å². The molecular weight excluding hydrogens is 280 g/mol. The van der Waals surface area contributed by atoms with Crippen molar-refractivity contribution in [3.8, 4) is 11.8 Å². The average Bonchev–Trinajstić information content (AvgIpc) is 2.32. The normalized spacial score (nSPS) is 10.1. The summed E-state index contributed by atoms with van der Waals surface area (Å²) >= 11 is 5.70. The van der Waals surface area contributed by atoms with Gasteiger partial charge in [-0.25, -0.2) is 0 Å². The van der Waals surface area contributed by atoms with E-state index in [-0.39, 0.29) is 34.9 Å². The number of hydrogen-bond donors (Lipinski definition) is 0. The van der Waals surface area contributed by atoms with E-state index in [0.717, 1.165) is 6.07 Å². The average molecular weight is 290 g/mol. The Hall–Kier alpha value is -1.87. The molecule has 0 amide bonds. The van der Waals surface area contributed by atoms with E-state index in [2.05, 4.69) is 4.74 Å². The van der Waals surface area contributed by atoms with Crippen molar-refractivity contribution in [1.29, 1.82) is 5.26 Å². The van der Waals surface area contributed by atoms with Crippen LogP contribution >= 0.6 is 11.6 Å². The zero-order valence-electron chi connectivity index (χ0n) is 9.95. The Bertz CT molecular complexity index is 514. The molecule has 7 heteroatoms. The van der Waals surface area contributed by atoms with Gasteiger partial charge in [0.05, 0.1) is 29.7 Å². The number of carbonyl (C=O) groups is 1. The number of nitrogens with zero attached hydrogens (tertiary/aromatic N) is 1. The first-order valence-electron chi connectivity index (χ1n) is 5.30. The highest BCUT2D eigenvalue weighted by molar-refractivity contribution is 6.32. The highest BCUT2D eigenvalue weighted by atomic mass is 35.5. The Balaban J connectivity index is 3.07. The molecule has 0 atom stereocenters. The fraction of sp³-hybridized carbons (Fsp3) is 0.333. The molecule has 0 N–H and O–H groups in total. The number of alkyl halides is 2. The quantitative estimate of drug-likeness (QED) is 0.782. The number of rotatable bonds is 5. The Labute approximate surface area is 113 Å². The van der Waals surface area contributed by atoms with Gasteiger partial charge in [0, 0.05) is 0 Å². The molecule has 0 aliphatic carbocycles. The van der Waals surface area contributed by atoms with Gasteiger partial charge in [-0.15, -0.1) is 0 Å². The molecule has 0 bridgehead atoms. The Morgan fingerprint density at radius 1 is 1.53 bits per heavy atom. The molecule has 19 heavy (non-hydrogen) atoms. The van der Waals surface area contributed by atoms with E-state index < -0.39 is 12.6 Å². The molecule has 1 aromatic rings. The highest BCUT2D eigenvalue weighted by Gasteiger charge is 2.15. The van der Waals surface area contributed by atoms with Crippen LogP contribution in [0.2, 0.25) is 5.02 Å². The van der Waals surface area contributed by atoms with Crippen LogP contribution in [-0.2, 0) is 16.0 Å². The van der Waals surface area contributed by atoms with Crippen LogP contribution < -0.4 is 4.74 Å². The van der Waals surface area contributed by atoms with Gasteiger partial charge in [-0.3, -0.25) is 4.79 Å². The molecule has 0 aromatic heterocycles. The SMILES string of the molecule is CCOC(=O)Cc1cc(OC(F)F)c(Cl)cc1C#N. The second-order valence-corrected chi connectivity index (χ2v) is 3.82. The smallest absolute Gasteiger partial charge is 0.387 e. The van der Waals surface area contributed by atoms with Crippen LogP contribution in [0.1, 0.15) is 18.1 Å². The Kier molecular flexibility index (Phi) is 5.52. The maximum atomic E-state index is 12.2. The van der Waals surface area contributed by atoms with E-state index in [9.17, 15) is 13.6 Å². The lowest BCUT2D eigenvalue weighted by Gasteiger charge is -2.10. The van der Waals surface area contributed by atoms with Crippen molar-refractivity contribution < 1.29 is 23.0 Å². The number of benzene rings is 1. The van der Waals surface area contributed by atoms with Crippen LogP contribution in [0.5, 0.6) is 5.75 Å². The van der Waals surface area contributed by atoms with E-state index in [1.807, 2.05) is 6.07 Å². The molecule has 0 radical (unpaired) electrons. The fourth-order valence-electron chi connectivity index (χ4n) is 1.40. The van der Waals surface area contributed by atoms with Crippen LogP contribution in [0, 0.1) is 11.3 Å². The summed E-state index contributed by atoms with van der Waals surface area (Å²) < 4.78 is 33.2. The molecule has 0 saturated carbocycles. The van der Waals surface area contributed by atoms with E-state index in [0.29, 0.717) is 0 Å². The number of halogens is 3. The van der Waals surface area contributed by atoms with Gasteiger partial charge in [0.1, 0.15) is 5.75 Å². The maximum Gasteiger partial charge on any atom is 0.387 e. The summed E-state index contributed by atoms with van der Waals surface area (Å²) in [6.07, 6.45) is -0.215. The molecule has 0 heterocycles. The third-order valence-electron chi connectivity index (χ3n) is 2.13. The van der Waals surface area contributed by atoms with Gasteiger partial charge in [-0.1, -0.05) is 11.6 Å². The molecular formula is C12H10ClF2NO3. The summed E-state index contributed by atoms with van der Waals surface area (Å²) in [5.41, 5.74) is 0.334. The van der Waals surface area contributed by atoms with Crippen LogP contribution in [0.3, 0.4) is 0 Å². The first-order chi connectivity index (χ1) is 8.97. The van der Waals surface area contributed by atoms with Crippen molar-refractivity contribution in [3.05, 3.63) is 28.3 Å². The maximum absolute atomic E-state index is 12.2. The Morgan fingerprint density at radius 2 is 2.21 bits per heavy atom. The van der Waals surface area contributed by atoms with E-state index in [1.54, 1.807) is 6.92 Å². The second-order valence-electron chi connectivity index (χ2n) is 3.41. The van der Waals surface area contributed by atoms with Gasteiger partial charge < -0.3 is 9.47 Å². The molecule has 0 saturated heterocycles. The summed E-state index contributed by atoms with van der Waals surface area (Å²) in [5, 5.41) is 8.79. The minimum absolute atomic E-state index is 0.111. The summed E-state index contributed by atoms with van der Waals surface area (Å²) in [4.78, 5) is 11.3. The van der Waals surface area contributed by atoms with Crippen LogP contribution in [-0.4, -0.2) is 19.2 Å². The van der Waals surface area contributed by atoms with Crippen molar-refractivity contribution in [2.24, 2.45) is 0 Å². The summed E-state index contributed by atoms with van der Waals surface area (Å²) in [6.45, 7) is -1.22. The molecule has 102 valence electrons. The first kappa shape index (κ1) is 15.2. The van der Waals surface area contributed by atoms with Gasteiger partial charge >= 0.3 is 12.6 Å². The highest BCUT2D eigenvalue weighted by Crippen LogP contribution is 2.29. The second kappa shape index (κ2) is 6.90.